The molecule has 0 unspecified atom stereocenters. The van der Waals surface area contributed by atoms with Crippen molar-refractivity contribution in [2.45, 2.75) is 18.9 Å². The summed E-state index contributed by atoms with van der Waals surface area (Å²) in [5.41, 5.74) is 1.89. The molecule has 1 amide bonds. The van der Waals surface area contributed by atoms with E-state index >= 15 is 0 Å². The fourth-order valence-electron chi connectivity index (χ4n) is 3.61. The average Bonchev–Trinajstić information content (AvgIpc) is 3.15. The fraction of sp³-hybridized carbons (Fsp3) is 0.350. The van der Waals surface area contributed by atoms with Crippen LogP contribution in [0.15, 0.2) is 36.4 Å². The van der Waals surface area contributed by atoms with E-state index in [9.17, 15) is 9.18 Å². The molecule has 1 saturated heterocycles. The summed E-state index contributed by atoms with van der Waals surface area (Å²) in [7, 11) is 3.12. The molecule has 4 rings (SSSR count). The SMILES string of the molecule is COc1cc(OC)cc(C(=O)N2CCC(n3nnc4cc(F)ccc43)CC2)c1. The van der Waals surface area contributed by atoms with Gasteiger partial charge in [0.2, 0.25) is 0 Å². The molecular weight excluding hydrogens is 363 g/mol. The number of ether oxygens (including phenoxy) is 2. The second-order valence-corrected chi connectivity index (χ2v) is 6.79. The average molecular weight is 384 g/mol. The highest BCUT2D eigenvalue weighted by Crippen LogP contribution is 2.28. The highest BCUT2D eigenvalue weighted by molar-refractivity contribution is 5.95. The molecule has 2 aromatic carbocycles. The van der Waals surface area contributed by atoms with Crippen molar-refractivity contribution >= 4 is 16.9 Å². The van der Waals surface area contributed by atoms with Crippen molar-refractivity contribution in [2.24, 2.45) is 0 Å². The van der Waals surface area contributed by atoms with E-state index in [0.717, 1.165) is 18.4 Å². The lowest BCUT2D eigenvalue weighted by Gasteiger charge is -2.32. The Bertz CT molecular complexity index is 990. The Kier molecular flexibility index (Phi) is 4.85. The minimum atomic E-state index is -0.325. The van der Waals surface area contributed by atoms with Crippen molar-refractivity contribution in [3.63, 3.8) is 0 Å². The molecule has 0 N–H and O–H groups in total. The lowest BCUT2D eigenvalue weighted by Crippen LogP contribution is -2.39. The number of methoxy groups -OCH3 is 2. The van der Waals surface area contributed by atoms with E-state index in [2.05, 4.69) is 10.3 Å². The zero-order valence-electron chi connectivity index (χ0n) is 15.8. The zero-order chi connectivity index (χ0) is 19.7. The Morgan fingerprint density at radius 3 is 2.39 bits per heavy atom. The van der Waals surface area contributed by atoms with E-state index in [-0.39, 0.29) is 17.8 Å². The number of amides is 1. The van der Waals surface area contributed by atoms with Gasteiger partial charge in [0.25, 0.3) is 5.91 Å². The monoisotopic (exact) mass is 384 g/mol. The number of piperidine rings is 1. The van der Waals surface area contributed by atoms with Gasteiger partial charge in [0.15, 0.2) is 0 Å². The first-order valence-electron chi connectivity index (χ1n) is 9.12. The van der Waals surface area contributed by atoms with Gasteiger partial charge in [-0.05, 0) is 37.1 Å². The standard InChI is InChI=1S/C20H21FN4O3/c1-27-16-9-13(10-17(12-16)28-2)20(26)24-7-5-15(6-8-24)25-19-4-3-14(21)11-18(19)22-23-25/h3-4,9-12,15H,5-8H2,1-2H3. The maximum Gasteiger partial charge on any atom is 0.254 e. The zero-order valence-corrected chi connectivity index (χ0v) is 15.8. The number of aromatic nitrogens is 3. The number of fused-ring (bicyclic) bond motifs is 1. The van der Waals surface area contributed by atoms with E-state index in [0.29, 0.717) is 35.7 Å². The van der Waals surface area contributed by atoms with Crippen molar-refractivity contribution in [3.8, 4) is 11.5 Å². The minimum absolute atomic E-state index is 0.0545. The molecular formula is C20H21FN4O3. The van der Waals surface area contributed by atoms with Crippen LogP contribution in [0.2, 0.25) is 0 Å². The van der Waals surface area contributed by atoms with Crippen molar-refractivity contribution in [1.29, 1.82) is 0 Å². The molecule has 1 fully saturated rings. The Hall–Kier alpha value is -3.16. The van der Waals surface area contributed by atoms with Crippen LogP contribution in [0.25, 0.3) is 11.0 Å². The van der Waals surface area contributed by atoms with Gasteiger partial charge in [-0.15, -0.1) is 5.10 Å². The predicted octanol–water partition coefficient (Wildman–Crippen LogP) is 3.06. The summed E-state index contributed by atoms with van der Waals surface area (Å²) in [6.45, 7) is 1.21. The van der Waals surface area contributed by atoms with Crippen molar-refractivity contribution in [3.05, 3.63) is 47.8 Å². The third-order valence-electron chi connectivity index (χ3n) is 5.13. The van der Waals surface area contributed by atoms with Crippen LogP contribution >= 0.6 is 0 Å². The van der Waals surface area contributed by atoms with Crippen LogP contribution in [-0.4, -0.2) is 53.1 Å². The topological polar surface area (TPSA) is 69.5 Å². The number of likely N-dealkylation sites (tertiary alicyclic amines) is 1. The lowest BCUT2D eigenvalue weighted by molar-refractivity contribution is 0.0690. The molecule has 0 aliphatic carbocycles. The summed E-state index contributed by atoms with van der Waals surface area (Å²) in [6.07, 6.45) is 1.51. The summed E-state index contributed by atoms with van der Waals surface area (Å²) < 4.78 is 25.7. The Balaban J connectivity index is 1.48. The Morgan fingerprint density at radius 1 is 1.07 bits per heavy atom. The van der Waals surface area contributed by atoms with Gasteiger partial charge in [0, 0.05) is 30.8 Å². The van der Waals surface area contributed by atoms with Crippen LogP contribution in [0.3, 0.4) is 0 Å². The van der Waals surface area contributed by atoms with Crippen molar-refractivity contribution < 1.29 is 18.7 Å². The number of nitrogens with zero attached hydrogens (tertiary/aromatic N) is 4. The third kappa shape index (κ3) is 3.37. The summed E-state index contributed by atoms with van der Waals surface area (Å²) in [5, 5.41) is 8.26. The van der Waals surface area contributed by atoms with Gasteiger partial charge in [-0.1, -0.05) is 5.21 Å². The van der Waals surface area contributed by atoms with Gasteiger partial charge in [-0.3, -0.25) is 4.79 Å². The molecule has 28 heavy (non-hydrogen) atoms. The minimum Gasteiger partial charge on any atom is -0.497 e. The van der Waals surface area contributed by atoms with E-state index in [4.69, 9.17) is 9.47 Å². The molecule has 8 heteroatoms. The second-order valence-electron chi connectivity index (χ2n) is 6.79. The molecule has 1 aliphatic rings. The molecule has 0 bridgehead atoms. The molecule has 1 aliphatic heterocycles. The highest BCUT2D eigenvalue weighted by Gasteiger charge is 2.27. The third-order valence-corrected chi connectivity index (χ3v) is 5.13. The summed E-state index contributed by atoms with van der Waals surface area (Å²) in [6, 6.07) is 9.79. The van der Waals surface area contributed by atoms with Gasteiger partial charge < -0.3 is 14.4 Å². The fourth-order valence-corrected chi connectivity index (χ4v) is 3.61. The first kappa shape index (κ1) is 18.2. The number of carbonyl (C=O) groups excluding carboxylic acids is 1. The number of rotatable bonds is 4. The maximum atomic E-state index is 13.4. The predicted molar refractivity (Wildman–Crippen MR) is 101 cm³/mol. The lowest BCUT2D eigenvalue weighted by atomic mass is 10.0. The molecule has 0 radical (unpaired) electrons. The number of hydrogen-bond donors (Lipinski definition) is 0. The van der Waals surface area contributed by atoms with Crippen molar-refractivity contribution in [2.75, 3.05) is 27.3 Å². The van der Waals surface area contributed by atoms with E-state index in [1.807, 2.05) is 9.58 Å². The molecule has 0 saturated carbocycles. The molecule has 146 valence electrons. The Morgan fingerprint density at radius 2 is 1.75 bits per heavy atom. The van der Waals surface area contributed by atoms with Gasteiger partial charge in [-0.2, -0.15) is 0 Å². The van der Waals surface area contributed by atoms with Gasteiger partial charge in [0.05, 0.1) is 25.8 Å². The molecule has 0 spiro atoms. The summed E-state index contributed by atoms with van der Waals surface area (Å²) >= 11 is 0. The molecule has 0 atom stereocenters. The van der Waals surface area contributed by atoms with E-state index in [1.54, 1.807) is 38.5 Å². The summed E-state index contributed by atoms with van der Waals surface area (Å²) in [5.74, 6) is 0.785. The van der Waals surface area contributed by atoms with Gasteiger partial charge in [-0.25, -0.2) is 9.07 Å². The number of halogens is 1. The van der Waals surface area contributed by atoms with E-state index < -0.39 is 0 Å². The van der Waals surface area contributed by atoms with Gasteiger partial charge in [0.1, 0.15) is 22.8 Å². The molecule has 2 heterocycles. The molecule has 1 aromatic heterocycles. The molecule has 3 aromatic rings. The van der Waals surface area contributed by atoms with Crippen LogP contribution in [0.4, 0.5) is 4.39 Å². The Labute approximate surface area is 161 Å². The smallest absolute Gasteiger partial charge is 0.254 e. The van der Waals surface area contributed by atoms with E-state index in [1.165, 1.54) is 12.1 Å². The normalized spacial score (nSPS) is 15.0. The number of carbonyl (C=O) groups is 1. The van der Waals surface area contributed by atoms with Crippen LogP contribution < -0.4 is 9.47 Å². The quantitative estimate of drug-likeness (QED) is 0.692. The largest absolute Gasteiger partial charge is 0.497 e. The summed E-state index contributed by atoms with van der Waals surface area (Å²) in [4.78, 5) is 14.7. The first-order chi connectivity index (χ1) is 13.6. The first-order valence-corrected chi connectivity index (χ1v) is 9.12. The van der Waals surface area contributed by atoms with Crippen LogP contribution in [0, 0.1) is 5.82 Å². The number of hydrogen-bond acceptors (Lipinski definition) is 5. The van der Waals surface area contributed by atoms with Crippen LogP contribution in [0.1, 0.15) is 29.2 Å². The second kappa shape index (κ2) is 7.46. The maximum absolute atomic E-state index is 13.4. The highest BCUT2D eigenvalue weighted by atomic mass is 19.1. The number of benzene rings is 2. The van der Waals surface area contributed by atoms with Gasteiger partial charge >= 0.3 is 0 Å². The van der Waals surface area contributed by atoms with Crippen molar-refractivity contribution in [1.82, 2.24) is 19.9 Å². The van der Waals surface area contributed by atoms with Crippen LogP contribution in [0.5, 0.6) is 11.5 Å². The van der Waals surface area contributed by atoms with Crippen LogP contribution in [-0.2, 0) is 0 Å². The molecule has 7 nitrogen and oxygen atoms in total.